The summed E-state index contributed by atoms with van der Waals surface area (Å²) in [6.07, 6.45) is 4.38. The first-order valence-corrected chi connectivity index (χ1v) is 7.50. The standard InChI is InChI=1S/C17H23N3O/c1-17(2)11-4-3-9-14(17)16(21)20-15-10-5-7-13(19-15)8-6-12-18/h5,7,10,14H,3-4,9,11-12,18H2,1-2H3,(H,19,20,21). The van der Waals surface area contributed by atoms with Gasteiger partial charge in [-0.3, -0.25) is 4.79 Å². The van der Waals surface area contributed by atoms with Gasteiger partial charge in [0.05, 0.1) is 6.54 Å². The highest BCUT2D eigenvalue weighted by Crippen LogP contribution is 2.40. The molecule has 3 N–H and O–H groups in total. The maximum Gasteiger partial charge on any atom is 0.229 e. The van der Waals surface area contributed by atoms with Crippen LogP contribution in [0.2, 0.25) is 0 Å². The van der Waals surface area contributed by atoms with Gasteiger partial charge in [0.2, 0.25) is 5.91 Å². The number of carbonyl (C=O) groups is 1. The van der Waals surface area contributed by atoms with Crippen molar-refractivity contribution in [1.82, 2.24) is 4.98 Å². The van der Waals surface area contributed by atoms with Gasteiger partial charge in [0.1, 0.15) is 11.5 Å². The summed E-state index contributed by atoms with van der Waals surface area (Å²) in [5, 5.41) is 2.94. The van der Waals surface area contributed by atoms with Crippen LogP contribution >= 0.6 is 0 Å². The molecule has 21 heavy (non-hydrogen) atoms. The van der Waals surface area contributed by atoms with Crippen molar-refractivity contribution in [2.45, 2.75) is 39.5 Å². The average molecular weight is 285 g/mol. The van der Waals surface area contributed by atoms with Gasteiger partial charge in [0.15, 0.2) is 0 Å². The van der Waals surface area contributed by atoms with E-state index in [0.717, 1.165) is 19.3 Å². The van der Waals surface area contributed by atoms with Crippen LogP contribution in [0.4, 0.5) is 5.82 Å². The van der Waals surface area contributed by atoms with Crippen LogP contribution in [-0.4, -0.2) is 17.4 Å². The van der Waals surface area contributed by atoms with Crippen LogP contribution in [0.5, 0.6) is 0 Å². The van der Waals surface area contributed by atoms with Crippen molar-refractivity contribution in [3.8, 4) is 11.8 Å². The van der Waals surface area contributed by atoms with E-state index in [1.54, 1.807) is 6.07 Å². The molecule has 1 unspecified atom stereocenters. The lowest BCUT2D eigenvalue weighted by Crippen LogP contribution is -2.37. The zero-order valence-corrected chi connectivity index (χ0v) is 12.8. The summed E-state index contributed by atoms with van der Waals surface area (Å²) < 4.78 is 0. The van der Waals surface area contributed by atoms with E-state index in [4.69, 9.17) is 5.73 Å². The lowest BCUT2D eigenvalue weighted by atomic mass is 9.68. The fourth-order valence-corrected chi connectivity index (χ4v) is 2.91. The van der Waals surface area contributed by atoms with E-state index in [1.165, 1.54) is 6.42 Å². The molecule has 4 nitrogen and oxygen atoms in total. The number of carbonyl (C=O) groups excluding carboxylic acids is 1. The van der Waals surface area contributed by atoms with Crippen molar-refractivity contribution in [3.05, 3.63) is 23.9 Å². The van der Waals surface area contributed by atoms with Gasteiger partial charge in [-0.15, -0.1) is 0 Å². The molecule has 1 fully saturated rings. The quantitative estimate of drug-likeness (QED) is 0.821. The van der Waals surface area contributed by atoms with Crippen molar-refractivity contribution >= 4 is 11.7 Å². The Morgan fingerprint density at radius 3 is 3.00 bits per heavy atom. The SMILES string of the molecule is CC1(C)CCCCC1C(=O)Nc1cccc(C#CCN)n1. The molecule has 0 bridgehead atoms. The highest BCUT2D eigenvalue weighted by Gasteiger charge is 2.37. The molecular weight excluding hydrogens is 262 g/mol. The molecule has 1 atom stereocenters. The van der Waals surface area contributed by atoms with Gasteiger partial charge in [-0.1, -0.05) is 38.7 Å². The van der Waals surface area contributed by atoms with E-state index in [1.807, 2.05) is 12.1 Å². The van der Waals surface area contributed by atoms with Crippen molar-refractivity contribution in [1.29, 1.82) is 0 Å². The predicted molar refractivity (Wildman–Crippen MR) is 84.5 cm³/mol. The third-order valence-corrected chi connectivity index (χ3v) is 4.14. The Bertz CT molecular complexity index is 569. The summed E-state index contributed by atoms with van der Waals surface area (Å²) in [5.74, 6) is 6.31. The summed E-state index contributed by atoms with van der Waals surface area (Å²) in [5.41, 5.74) is 6.03. The van der Waals surface area contributed by atoms with Crippen molar-refractivity contribution < 1.29 is 4.79 Å². The highest BCUT2D eigenvalue weighted by atomic mass is 16.2. The second-order valence-corrected chi connectivity index (χ2v) is 6.19. The Hall–Kier alpha value is -1.86. The lowest BCUT2D eigenvalue weighted by Gasteiger charge is -2.37. The number of nitrogens with two attached hydrogens (primary N) is 1. The molecule has 4 heteroatoms. The van der Waals surface area contributed by atoms with E-state index in [9.17, 15) is 4.79 Å². The van der Waals surface area contributed by atoms with Crippen LogP contribution in [0.25, 0.3) is 0 Å². The number of pyridine rings is 1. The van der Waals surface area contributed by atoms with E-state index in [-0.39, 0.29) is 17.2 Å². The third-order valence-electron chi connectivity index (χ3n) is 4.14. The summed E-state index contributed by atoms with van der Waals surface area (Å²) in [6, 6.07) is 5.44. The number of hydrogen-bond donors (Lipinski definition) is 2. The van der Waals surface area contributed by atoms with Crippen LogP contribution in [-0.2, 0) is 4.79 Å². The van der Waals surface area contributed by atoms with Crippen LogP contribution in [0.15, 0.2) is 18.2 Å². The number of aromatic nitrogens is 1. The van der Waals surface area contributed by atoms with Crippen LogP contribution in [0.1, 0.15) is 45.2 Å². The Balaban J connectivity index is 2.08. The smallest absolute Gasteiger partial charge is 0.229 e. The molecule has 1 saturated carbocycles. The van der Waals surface area contributed by atoms with Gasteiger partial charge in [0, 0.05) is 5.92 Å². The normalized spacial score (nSPS) is 20.2. The summed E-state index contributed by atoms with van der Waals surface area (Å²) in [4.78, 5) is 16.8. The largest absolute Gasteiger partial charge is 0.320 e. The minimum Gasteiger partial charge on any atom is -0.320 e. The Morgan fingerprint density at radius 2 is 2.29 bits per heavy atom. The van der Waals surface area contributed by atoms with Crippen molar-refractivity contribution in [3.63, 3.8) is 0 Å². The molecule has 1 heterocycles. The van der Waals surface area contributed by atoms with Crippen molar-refractivity contribution in [2.24, 2.45) is 17.1 Å². The lowest BCUT2D eigenvalue weighted by molar-refractivity contribution is -0.124. The third kappa shape index (κ3) is 4.05. The molecule has 0 aliphatic heterocycles. The fourth-order valence-electron chi connectivity index (χ4n) is 2.91. The number of anilines is 1. The molecule has 1 aliphatic carbocycles. The Labute approximate surface area is 126 Å². The summed E-state index contributed by atoms with van der Waals surface area (Å²) >= 11 is 0. The fraction of sp³-hybridized carbons (Fsp3) is 0.529. The zero-order valence-electron chi connectivity index (χ0n) is 12.8. The first-order chi connectivity index (χ1) is 10.0. The van der Waals surface area contributed by atoms with Gasteiger partial charge >= 0.3 is 0 Å². The number of nitrogens with one attached hydrogen (secondary N) is 1. The monoisotopic (exact) mass is 285 g/mol. The summed E-state index contributed by atoms with van der Waals surface area (Å²) in [6.45, 7) is 4.65. The van der Waals surface area contributed by atoms with Gasteiger partial charge in [-0.2, -0.15) is 0 Å². The van der Waals surface area contributed by atoms with Crippen LogP contribution in [0.3, 0.4) is 0 Å². The molecule has 0 spiro atoms. The number of hydrogen-bond acceptors (Lipinski definition) is 3. The van der Waals surface area contributed by atoms with Crippen molar-refractivity contribution in [2.75, 3.05) is 11.9 Å². The van der Waals surface area contributed by atoms with E-state index in [2.05, 4.69) is 36.0 Å². The van der Waals surface area contributed by atoms with Gasteiger partial charge in [-0.05, 0) is 36.3 Å². The molecule has 0 saturated heterocycles. The maximum atomic E-state index is 12.5. The predicted octanol–water partition coefficient (Wildman–Crippen LogP) is 2.55. The first-order valence-electron chi connectivity index (χ1n) is 7.50. The molecule has 1 aromatic heterocycles. The zero-order chi connectivity index (χ0) is 15.3. The number of rotatable bonds is 2. The highest BCUT2D eigenvalue weighted by molar-refractivity contribution is 5.92. The molecule has 0 aromatic carbocycles. The molecule has 0 radical (unpaired) electrons. The van der Waals surface area contributed by atoms with E-state index >= 15 is 0 Å². The van der Waals surface area contributed by atoms with Gasteiger partial charge in [0.25, 0.3) is 0 Å². The molecule has 1 aliphatic rings. The average Bonchev–Trinajstić information content (AvgIpc) is 2.45. The van der Waals surface area contributed by atoms with Crippen LogP contribution in [0, 0.1) is 23.2 Å². The van der Waals surface area contributed by atoms with Gasteiger partial charge < -0.3 is 11.1 Å². The number of amides is 1. The molecule has 1 amide bonds. The molecule has 1 aromatic rings. The van der Waals surface area contributed by atoms with Crippen LogP contribution < -0.4 is 11.1 Å². The molecular formula is C17H23N3O. The second-order valence-electron chi connectivity index (χ2n) is 6.19. The summed E-state index contributed by atoms with van der Waals surface area (Å²) in [7, 11) is 0. The van der Waals surface area contributed by atoms with Gasteiger partial charge in [-0.25, -0.2) is 4.98 Å². The molecule has 112 valence electrons. The Kier molecular flexibility index (Phi) is 4.98. The van der Waals surface area contributed by atoms with E-state index in [0.29, 0.717) is 18.1 Å². The maximum absolute atomic E-state index is 12.5. The van der Waals surface area contributed by atoms with E-state index < -0.39 is 0 Å². The molecule has 2 rings (SSSR count). The minimum absolute atomic E-state index is 0.0480. The number of nitrogens with zero attached hydrogens (tertiary/aromatic N) is 1. The Morgan fingerprint density at radius 1 is 1.48 bits per heavy atom. The topological polar surface area (TPSA) is 68.0 Å². The first kappa shape index (κ1) is 15.5. The minimum atomic E-state index is 0.0480. The second kappa shape index (κ2) is 6.73.